The number of aryl methyl sites for hydroxylation is 1. The summed E-state index contributed by atoms with van der Waals surface area (Å²) in [6.45, 7) is 2.40. The molecule has 0 saturated carbocycles. The molecule has 1 aromatic carbocycles. The van der Waals surface area contributed by atoms with E-state index in [1.165, 1.54) is 5.56 Å². The first-order valence-electron chi connectivity index (χ1n) is 6.73. The molecule has 0 unspecified atom stereocenters. The van der Waals surface area contributed by atoms with Crippen molar-refractivity contribution in [2.24, 2.45) is 0 Å². The summed E-state index contributed by atoms with van der Waals surface area (Å²) in [6, 6.07) is 10.4. The number of benzene rings is 1. The fourth-order valence-electron chi connectivity index (χ4n) is 1.94. The summed E-state index contributed by atoms with van der Waals surface area (Å²) >= 11 is 0. The molecule has 0 aliphatic rings. The van der Waals surface area contributed by atoms with Gasteiger partial charge in [0.05, 0.1) is 13.2 Å². The molecule has 0 spiro atoms. The number of hydrogen-bond acceptors (Lipinski definition) is 3. The Bertz CT molecular complexity index is 354. The van der Waals surface area contributed by atoms with Crippen LogP contribution >= 0.6 is 0 Å². The van der Waals surface area contributed by atoms with E-state index in [4.69, 9.17) is 4.74 Å². The highest BCUT2D eigenvalue weighted by molar-refractivity contribution is 5.78. The Kier molecular flexibility index (Phi) is 7.86. The molecule has 0 heterocycles. The van der Waals surface area contributed by atoms with E-state index in [1.807, 2.05) is 23.1 Å². The van der Waals surface area contributed by atoms with E-state index in [2.05, 4.69) is 17.4 Å². The molecule has 4 heteroatoms. The lowest BCUT2D eigenvalue weighted by Crippen LogP contribution is -2.39. The number of carbonyl (C=O) groups is 1. The number of methoxy groups -OCH3 is 1. The molecule has 0 saturated heterocycles. The smallest absolute Gasteiger partial charge is 0.236 e. The van der Waals surface area contributed by atoms with E-state index in [1.54, 1.807) is 14.2 Å². The fourth-order valence-corrected chi connectivity index (χ4v) is 1.94. The van der Waals surface area contributed by atoms with Crippen molar-refractivity contribution in [1.82, 2.24) is 10.2 Å². The van der Waals surface area contributed by atoms with Crippen LogP contribution in [0.4, 0.5) is 0 Å². The predicted molar refractivity (Wildman–Crippen MR) is 77.1 cm³/mol. The number of nitrogens with zero attached hydrogens (tertiary/aromatic N) is 1. The van der Waals surface area contributed by atoms with Gasteiger partial charge in [0, 0.05) is 20.2 Å². The molecule has 0 bridgehead atoms. The van der Waals surface area contributed by atoms with E-state index < -0.39 is 0 Å². The molecule has 1 rings (SSSR count). The van der Waals surface area contributed by atoms with Crippen molar-refractivity contribution < 1.29 is 9.53 Å². The first-order chi connectivity index (χ1) is 9.27. The van der Waals surface area contributed by atoms with Gasteiger partial charge in [0.25, 0.3) is 0 Å². The minimum Gasteiger partial charge on any atom is -0.383 e. The third-order valence-electron chi connectivity index (χ3n) is 2.98. The van der Waals surface area contributed by atoms with Crippen LogP contribution in [0.1, 0.15) is 12.0 Å². The molecule has 0 radical (unpaired) electrons. The number of amides is 1. The molecule has 0 fully saturated rings. The van der Waals surface area contributed by atoms with Gasteiger partial charge in [0.1, 0.15) is 0 Å². The topological polar surface area (TPSA) is 41.6 Å². The van der Waals surface area contributed by atoms with Gasteiger partial charge in [-0.1, -0.05) is 30.3 Å². The third kappa shape index (κ3) is 6.36. The summed E-state index contributed by atoms with van der Waals surface area (Å²) < 4.78 is 5.05. The quantitative estimate of drug-likeness (QED) is 0.731. The highest BCUT2D eigenvalue weighted by atomic mass is 16.5. The van der Waals surface area contributed by atoms with Gasteiger partial charge < -0.3 is 15.0 Å². The zero-order chi connectivity index (χ0) is 13.9. The average molecular weight is 264 g/mol. The lowest BCUT2D eigenvalue weighted by molar-refractivity contribution is -0.130. The van der Waals surface area contributed by atoms with Gasteiger partial charge in [-0.05, 0) is 25.5 Å². The zero-order valence-corrected chi connectivity index (χ0v) is 11.9. The van der Waals surface area contributed by atoms with Crippen molar-refractivity contribution in [3.63, 3.8) is 0 Å². The summed E-state index contributed by atoms with van der Waals surface area (Å²) in [4.78, 5) is 13.8. The lowest BCUT2D eigenvalue weighted by atomic mass is 10.1. The van der Waals surface area contributed by atoms with E-state index in [9.17, 15) is 4.79 Å². The molecule has 106 valence electrons. The molecular weight excluding hydrogens is 240 g/mol. The zero-order valence-electron chi connectivity index (χ0n) is 11.9. The van der Waals surface area contributed by atoms with Crippen LogP contribution in [0.3, 0.4) is 0 Å². The summed E-state index contributed by atoms with van der Waals surface area (Å²) in [5, 5.41) is 2.90. The van der Waals surface area contributed by atoms with Gasteiger partial charge in [0.2, 0.25) is 5.91 Å². The molecule has 1 aromatic rings. The van der Waals surface area contributed by atoms with E-state index >= 15 is 0 Å². The molecule has 0 aliphatic heterocycles. The second-order valence-electron chi connectivity index (χ2n) is 4.49. The van der Waals surface area contributed by atoms with E-state index in [0.29, 0.717) is 19.7 Å². The molecule has 1 amide bonds. The Labute approximate surface area is 115 Å². The predicted octanol–water partition coefficient (Wildman–Crippen LogP) is 1.31. The maximum absolute atomic E-state index is 11.9. The molecule has 0 aromatic heterocycles. The van der Waals surface area contributed by atoms with Crippen LogP contribution in [0.25, 0.3) is 0 Å². The Morgan fingerprint density at radius 2 is 2.00 bits per heavy atom. The maximum Gasteiger partial charge on any atom is 0.236 e. The molecule has 4 nitrogen and oxygen atoms in total. The Hall–Kier alpha value is -1.39. The van der Waals surface area contributed by atoms with Gasteiger partial charge in [-0.2, -0.15) is 0 Å². The van der Waals surface area contributed by atoms with Gasteiger partial charge in [-0.3, -0.25) is 4.79 Å². The van der Waals surface area contributed by atoms with Crippen molar-refractivity contribution in [2.45, 2.75) is 12.8 Å². The summed E-state index contributed by atoms with van der Waals surface area (Å²) in [6.07, 6.45) is 1.97. The number of likely N-dealkylation sites (N-methyl/N-ethyl adjacent to an activating group) is 1. The summed E-state index contributed by atoms with van der Waals surface area (Å²) in [7, 11) is 3.45. The monoisotopic (exact) mass is 264 g/mol. The van der Waals surface area contributed by atoms with Crippen LogP contribution in [-0.2, 0) is 16.0 Å². The molecule has 0 aliphatic carbocycles. The minimum atomic E-state index is 0.132. The van der Waals surface area contributed by atoms with Gasteiger partial charge in [-0.15, -0.1) is 0 Å². The first kappa shape index (κ1) is 15.7. The van der Waals surface area contributed by atoms with Crippen molar-refractivity contribution in [2.75, 3.05) is 40.4 Å². The molecule has 1 N–H and O–H groups in total. The van der Waals surface area contributed by atoms with Crippen molar-refractivity contribution in [3.8, 4) is 0 Å². The van der Waals surface area contributed by atoms with Crippen LogP contribution in [-0.4, -0.2) is 51.2 Å². The largest absolute Gasteiger partial charge is 0.383 e. The van der Waals surface area contributed by atoms with E-state index in [-0.39, 0.29) is 5.91 Å². The van der Waals surface area contributed by atoms with Crippen molar-refractivity contribution in [1.29, 1.82) is 0 Å². The fraction of sp³-hybridized carbons (Fsp3) is 0.533. The van der Waals surface area contributed by atoms with Crippen LogP contribution in [0.5, 0.6) is 0 Å². The lowest BCUT2D eigenvalue weighted by Gasteiger charge is -2.22. The Balaban J connectivity index is 2.37. The molecule has 0 atom stereocenters. The number of nitrogens with one attached hydrogen (secondary N) is 1. The Morgan fingerprint density at radius 1 is 1.26 bits per heavy atom. The van der Waals surface area contributed by atoms with Crippen LogP contribution in [0, 0.1) is 0 Å². The highest BCUT2D eigenvalue weighted by Gasteiger charge is 2.11. The second kappa shape index (κ2) is 9.53. The van der Waals surface area contributed by atoms with Crippen molar-refractivity contribution in [3.05, 3.63) is 35.9 Å². The SMILES string of the molecule is CNCC(=O)N(CCCc1ccccc1)CCOC. The minimum absolute atomic E-state index is 0.132. The maximum atomic E-state index is 11.9. The standard InChI is InChI=1S/C15H24N2O2/c1-16-13-15(18)17(11-12-19-2)10-6-9-14-7-4-3-5-8-14/h3-5,7-8,16H,6,9-13H2,1-2H3. The van der Waals surface area contributed by atoms with Gasteiger partial charge in [0.15, 0.2) is 0 Å². The Morgan fingerprint density at radius 3 is 2.63 bits per heavy atom. The molecule has 19 heavy (non-hydrogen) atoms. The number of ether oxygens (including phenoxy) is 1. The van der Waals surface area contributed by atoms with Crippen molar-refractivity contribution >= 4 is 5.91 Å². The first-order valence-corrected chi connectivity index (χ1v) is 6.73. The number of rotatable bonds is 9. The average Bonchev–Trinajstić information content (AvgIpc) is 2.44. The summed E-state index contributed by atoms with van der Waals surface area (Å²) in [5.41, 5.74) is 1.32. The number of carbonyl (C=O) groups excluding carboxylic acids is 1. The highest BCUT2D eigenvalue weighted by Crippen LogP contribution is 2.04. The summed E-state index contributed by atoms with van der Waals surface area (Å²) in [5.74, 6) is 0.132. The second-order valence-corrected chi connectivity index (χ2v) is 4.49. The normalized spacial score (nSPS) is 10.4. The van der Waals surface area contributed by atoms with Gasteiger partial charge >= 0.3 is 0 Å². The third-order valence-corrected chi connectivity index (χ3v) is 2.98. The van der Waals surface area contributed by atoms with Gasteiger partial charge in [-0.25, -0.2) is 0 Å². The van der Waals surface area contributed by atoms with E-state index in [0.717, 1.165) is 19.4 Å². The van der Waals surface area contributed by atoms with Crippen LogP contribution < -0.4 is 5.32 Å². The molecular formula is C15H24N2O2. The number of hydrogen-bond donors (Lipinski definition) is 1. The van der Waals surface area contributed by atoms with Crippen LogP contribution in [0.15, 0.2) is 30.3 Å². The van der Waals surface area contributed by atoms with Crippen LogP contribution in [0.2, 0.25) is 0 Å².